The van der Waals surface area contributed by atoms with Crippen LogP contribution in [0.3, 0.4) is 0 Å². The first kappa shape index (κ1) is 19.6. The molecule has 0 bridgehead atoms. The molecule has 0 atom stereocenters. The maximum atomic E-state index is 13.1. The van der Waals surface area contributed by atoms with E-state index in [-0.39, 0.29) is 17.8 Å². The molecule has 1 aromatic heterocycles. The minimum atomic E-state index is -0.319. The average molecular weight is 354 g/mol. The Morgan fingerprint density at radius 3 is 2.54 bits per heavy atom. The second kappa shape index (κ2) is 10.3. The fourth-order valence-corrected chi connectivity index (χ4v) is 2.41. The predicted molar refractivity (Wildman–Crippen MR) is 99.3 cm³/mol. The lowest BCUT2D eigenvalue weighted by molar-refractivity contribution is 0.0694. The molecule has 26 heavy (non-hydrogen) atoms. The zero-order chi connectivity index (χ0) is 18.8. The molecule has 2 aromatic rings. The molecule has 1 fully saturated rings. The molecule has 0 aliphatic carbocycles. The molecule has 0 saturated carbocycles. The van der Waals surface area contributed by atoms with E-state index >= 15 is 0 Å². The first-order chi connectivity index (χ1) is 12.7. The first-order valence-corrected chi connectivity index (χ1v) is 8.83. The molecule has 1 aliphatic heterocycles. The number of carbonyl (C=O) groups excluding carboxylic acids is 1. The Labute approximate surface area is 153 Å². The Bertz CT molecular complexity index is 773. The van der Waals surface area contributed by atoms with Crippen LogP contribution < -0.4 is 5.32 Å². The number of amides is 1. The van der Waals surface area contributed by atoms with Crippen molar-refractivity contribution < 1.29 is 13.9 Å². The molecule has 1 saturated heterocycles. The molecule has 0 spiro atoms. The van der Waals surface area contributed by atoms with Gasteiger partial charge in [0, 0.05) is 36.6 Å². The quantitative estimate of drug-likeness (QED) is 0.839. The molecule has 0 radical (unpaired) electrons. The summed E-state index contributed by atoms with van der Waals surface area (Å²) in [5.74, 6) is 5.27. The van der Waals surface area contributed by atoms with Gasteiger partial charge in [0.05, 0.1) is 0 Å². The Kier molecular flexibility index (Phi) is 7.78. The number of ether oxygens (including phenoxy) is 1. The van der Waals surface area contributed by atoms with Gasteiger partial charge in [-0.3, -0.25) is 4.79 Å². The lowest BCUT2D eigenvalue weighted by atomic mass is 10.1. The van der Waals surface area contributed by atoms with Gasteiger partial charge in [0.1, 0.15) is 11.5 Å². The molecule has 0 unspecified atom stereocenters. The van der Waals surface area contributed by atoms with E-state index in [0.29, 0.717) is 30.0 Å². The molecular weight excluding hydrogens is 331 g/mol. The van der Waals surface area contributed by atoms with Gasteiger partial charge in [0.2, 0.25) is 0 Å². The molecule has 2 heterocycles. The standard InChI is InChI=1S/C19H17FN2O2.C2H6/c20-16-3-1-2-14(12-16)4-5-15-6-7-18(21-13-15)19(23)22-17-8-10-24-11-9-17;1-2/h1-3,6-7,12-13,17H,8-11H2,(H,22,23);1-2H3. The molecule has 1 aliphatic rings. The van der Waals surface area contributed by atoms with Crippen LogP contribution in [0, 0.1) is 17.7 Å². The van der Waals surface area contributed by atoms with Gasteiger partial charge in [-0.25, -0.2) is 9.37 Å². The van der Waals surface area contributed by atoms with Crippen molar-refractivity contribution in [3.63, 3.8) is 0 Å². The number of benzene rings is 1. The highest BCUT2D eigenvalue weighted by Crippen LogP contribution is 2.08. The van der Waals surface area contributed by atoms with Crippen LogP contribution in [0.25, 0.3) is 0 Å². The van der Waals surface area contributed by atoms with E-state index in [9.17, 15) is 9.18 Å². The van der Waals surface area contributed by atoms with Gasteiger partial charge in [0.15, 0.2) is 0 Å². The smallest absolute Gasteiger partial charge is 0.270 e. The van der Waals surface area contributed by atoms with Crippen LogP contribution in [0.15, 0.2) is 42.6 Å². The molecule has 4 nitrogen and oxygen atoms in total. The van der Waals surface area contributed by atoms with Gasteiger partial charge in [-0.05, 0) is 43.2 Å². The van der Waals surface area contributed by atoms with Crippen molar-refractivity contribution in [1.29, 1.82) is 0 Å². The van der Waals surface area contributed by atoms with E-state index in [1.807, 2.05) is 13.8 Å². The largest absolute Gasteiger partial charge is 0.381 e. The zero-order valence-corrected chi connectivity index (χ0v) is 15.1. The molecule has 136 valence electrons. The van der Waals surface area contributed by atoms with Crippen LogP contribution in [0.5, 0.6) is 0 Å². The molecule has 1 N–H and O–H groups in total. The van der Waals surface area contributed by atoms with Crippen LogP contribution >= 0.6 is 0 Å². The highest BCUT2D eigenvalue weighted by Gasteiger charge is 2.17. The fraction of sp³-hybridized carbons (Fsp3) is 0.333. The molecule has 3 rings (SSSR count). The van der Waals surface area contributed by atoms with E-state index in [2.05, 4.69) is 22.1 Å². The summed E-state index contributed by atoms with van der Waals surface area (Å²) in [5.41, 5.74) is 1.62. The summed E-state index contributed by atoms with van der Waals surface area (Å²) < 4.78 is 18.4. The number of carbonyl (C=O) groups is 1. The monoisotopic (exact) mass is 354 g/mol. The van der Waals surface area contributed by atoms with Crippen LogP contribution in [0.2, 0.25) is 0 Å². The molecular formula is C21H23FN2O2. The van der Waals surface area contributed by atoms with Crippen molar-refractivity contribution in [2.45, 2.75) is 32.7 Å². The summed E-state index contributed by atoms with van der Waals surface area (Å²) in [4.78, 5) is 16.3. The number of hydrogen-bond acceptors (Lipinski definition) is 3. The zero-order valence-electron chi connectivity index (χ0n) is 15.1. The topological polar surface area (TPSA) is 51.2 Å². The summed E-state index contributed by atoms with van der Waals surface area (Å²) in [7, 11) is 0. The summed E-state index contributed by atoms with van der Waals surface area (Å²) >= 11 is 0. The van der Waals surface area contributed by atoms with Crippen LogP contribution in [-0.2, 0) is 4.74 Å². The van der Waals surface area contributed by atoms with Gasteiger partial charge in [-0.15, -0.1) is 0 Å². The SMILES string of the molecule is CC.O=C(NC1CCOCC1)c1ccc(C#Cc2cccc(F)c2)cn1. The van der Waals surface area contributed by atoms with Gasteiger partial charge in [-0.1, -0.05) is 31.8 Å². The second-order valence-corrected chi connectivity index (χ2v) is 5.55. The van der Waals surface area contributed by atoms with Crippen LogP contribution in [0.1, 0.15) is 48.3 Å². The minimum Gasteiger partial charge on any atom is -0.381 e. The van der Waals surface area contributed by atoms with Gasteiger partial charge >= 0.3 is 0 Å². The van der Waals surface area contributed by atoms with Crippen molar-refractivity contribution in [2.75, 3.05) is 13.2 Å². The van der Waals surface area contributed by atoms with Gasteiger partial charge < -0.3 is 10.1 Å². The maximum absolute atomic E-state index is 13.1. The molecule has 1 aromatic carbocycles. The number of rotatable bonds is 2. The van der Waals surface area contributed by atoms with Crippen molar-refractivity contribution in [2.24, 2.45) is 0 Å². The van der Waals surface area contributed by atoms with E-state index in [4.69, 9.17) is 4.74 Å². The van der Waals surface area contributed by atoms with E-state index in [1.54, 1.807) is 30.5 Å². The van der Waals surface area contributed by atoms with Crippen LogP contribution in [-0.4, -0.2) is 30.1 Å². The predicted octanol–water partition coefficient (Wildman–Crippen LogP) is 3.56. The summed E-state index contributed by atoms with van der Waals surface area (Å²) in [6.45, 7) is 5.35. The van der Waals surface area contributed by atoms with E-state index in [0.717, 1.165) is 12.8 Å². The third kappa shape index (κ3) is 5.98. The lowest BCUT2D eigenvalue weighted by Gasteiger charge is -2.22. The number of halogens is 1. The third-order valence-corrected chi connectivity index (χ3v) is 3.73. The van der Waals surface area contributed by atoms with E-state index in [1.165, 1.54) is 12.1 Å². The fourth-order valence-electron chi connectivity index (χ4n) is 2.41. The molecule has 5 heteroatoms. The number of hydrogen-bond donors (Lipinski definition) is 1. The van der Waals surface area contributed by atoms with E-state index < -0.39 is 0 Å². The highest BCUT2D eigenvalue weighted by atomic mass is 19.1. The van der Waals surface area contributed by atoms with Crippen molar-refractivity contribution in [1.82, 2.24) is 10.3 Å². The Balaban J connectivity index is 0.00000117. The number of nitrogens with one attached hydrogen (secondary N) is 1. The van der Waals surface area contributed by atoms with Crippen molar-refractivity contribution in [3.05, 3.63) is 65.2 Å². The Morgan fingerprint density at radius 1 is 1.15 bits per heavy atom. The highest BCUT2D eigenvalue weighted by molar-refractivity contribution is 5.92. The Morgan fingerprint density at radius 2 is 1.88 bits per heavy atom. The normalized spacial score (nSPS) is 13.7. The van der Waals surface area contributed by atoms with Crippen molar-refractivity contribution in [3.8, 4) is 11.8 Å². The van der Waals surface area contributed by atoms with Crippen LogP contribution in [0.4, 0.5) is 4.39 Å². The average Bonchev–Trinajstić information content (AvgIpc) is 2.69. The van der Waals surface area contributed by atoms with Gasteiger partial charge in [0.25, 0.3) is 5.91 Å². The summed E-state index contributed by atoms with van der Waals surface area (Å²) in [6, 6.07) is 9.61. The number of aromatic nitrogens is 1. The second-order valence-electron chi connectivity index (χ2n) is 5.55. The van der Waals surface area contributed by atoms with Crippen molar-refractivity contribution >= 4 is 5.91 Å². The summed E-state index contributed by atoms with van der Waals surface area (Å²) in [5, 5.41) is 2.96. The minimum absolute atomic E-state index is 0.139. The van der Waals surface area contributed by atoms with Gasteiger partial charge in [-0.2, -0.15) is 0 Å². The number of pyridine rings is 1. The Hall–Kier alpha value is -2.71. The maximum Gasteiger partial charge on any atom is 0.270 e. The molecule has 1 amide bonds. The summed E-state index contributed by atoms with van der Waals surface area (Å²) in [6.07, 6.45) is 3.19. The lowest BCUT2D eigenvalue weighted by Crippen LogP contribution is -2.39. The number of nitrogens with zero attached hydrogens (tertiary/aromatic N) is 1. The third-order valence-electron chi connectivity index (χ3n) is 3.73. The first-order valence-electron chi connectivity index (χ1n) is 8.83.